The number of hydrogen-bond donors (Lipinski definition) is 14. The molecule has 5 rings (SSSR count). The van der Waals surface area contributed by atoms with E-state index in [4.69, 9.17) is 56.8 Å². The molecule has 346 valence electrons. The van der Waals surface area contributed by atoms with Gasteiger partial charge in [-0.3, -0.25) is 0 Å². The van der Waals surface area contributed by atoms with Crippen molar-refractivity contribution in [2.24, 2.45) is 0 Å². The molecule has 0 saturated carbocycles. The van der Waals surface area contributed by atoms with Gasteiger partial charge in [-0.05, 0) is 0 Å². The molecule has 10 unspecified atom stereocenters. The van der Waals surface area contributed by atoms with Crippen molar-refractivity contribution in [2.75, 3.05) is 54.4 Å². The van der Waals surface area contributed by atoms with E-state index < -0.39 is 187 Å². The number of aliphatic hydroxyl groups is 14. The number of methoxy groups -OCH3 is 3. The van der Waals surface area contributed by atoms with Crippen molar-refractivity contribution < 1.29 is 128 Å². The van der Waals surface area contributed by atoms with Gasteiger partial charge in [-0.15, -0.1) is 0 Å². The third kappa shape index (κ3) is 10.2. The van der Waals surface area contributed by atoms with Gasteiger partial charge in [0, 0.05) is 21.3 Å². The summed E-state index contributed by atoms with van der Waals surface area (Å²) >= 11 is 0. The zero-order valence-electron chi connectivity index (χ0n) is 32.1. The highest BCUT2D eigenvalue weighted by Gasteiger charge is 2.56. The van der Waals surface area contributed by atoms with Gasteiger partial charge in [-0.25, -0.2) is 0 Å². The maximum atomic E-state index is 11.4. The Morgan fingerprint density at radius 3 is 0.949 bits per heavy atom. The molecule has 25 atom stereocenters. The molecule has 5 saturated heterocycles. The summed E-state index contributed by atoms with van der Waals surface area (Å²) in [5.74, 6) is 0. The molecule has 0 bridgehead atoms. The molecule has 5 aliphatic rings. The topological polar surface area (TPSA) is 394 Å². The fourth-order valence-electron chi connectivity index (χ4n) is 7.66. The molecule has 0 aromatic rings. The second-order valence-electron chi connectivity index (χ2n) is 14.6. The summed E-state index contributed by atoms with van der Waals surface area (Å²) in [5.41, 5.74) is 0. The molecular formula is C33H58O26. The van der Waals surface area contributed by atoms with E-state index in [9.17, 15) is 71.5 Å². The maximum absolute atomic E-state index is 11.4. The first-order valence-corrected chi connectivity index (χ1v) is 18.8. The summed E-state index contributed by atoms with van der Waals surface area (Å²) in [5, 5.41) is 149. The minimum Gasteiger partial charge on any atom is -0.394 e. The van der Waals surface area contributed by atoms with Crippen LogP contribution in [-0.4, -0.2) is 279 Å². The van der Waals surface area contributed by atoms with Gasteiger partial charge in [0.05, 0.1) is 33.0 Å². The number of rotatable bonds is 16. The van der Waals surface area contributed by atoms with Crippen molar-refractivity contribution in [3.63, 3.8) is 0 Å². The van der Waals surface area contributed by atoms with E-state index in [1.165, 1.54) is 21.3 Å². The first-order chi connectivity index (χ1) is 28.1. The zero-order chi connectivity index (χ0) is 43.5. The Morgan fingerprint density at radius 2 is 0.593 bits per heavy atom. The molecule has 14 N–H and O–H groups in total. The highest BCUT2D eigenvalue weighted by Crippen LogP contribution is 2.35. The lowest BCUT2D eigenvalue weighted by atomic mass is 9.95. The van der Waals surface area contributed by atoms with E-state index in [0.29, 0.717) is 0 Å². The predicted octanol–water partition coefficient (Wildman–Crippen LogP) is -9.96. The van der Waals surface area contributed by atoms with Crippen LogP contribution in [0.25, 0.3) is 0 Å². The summed E-state index contributed by atoms with van der Waals surface area (Å²) in [6, 6.07) is 0. The van der Waals surface area contributed by atoms with Crippen molar-refractivity contribution in [3.05, 3.63) is 0 Å². The summed E-state index contributed by atoms with van der Waals surface area (Å²) in [7, 11) is 3.57. The van der Waals surface area contributed by atoms with E-state index in [1.54, 1.807) is 0 Å². The average Bonchev–Trinajstić information content (AvgIpc) is 3.23. The van der Waals surface area contributed by atoms with Crippen LogP contribution < -0.4 is 0 Å². The molecule has 5 aliphatic heterocycles. The highest BCUT2D eigenvalue weighted by atomic mass is 16.8. The largest absolute Gasteiger partial charge is 0.394 e. The molecule has 0 radical (unpaired) electrons. The van der Waals surface area contributed by atoms with E-state index in [2.05, 4.69) is 0 Å². The van der Waals surface area contributed by atoms with Crippen LogP contribution in [-0.2, 0) is 56.8 Å². The molecule has 0 aromatic carbocycles. The highest BCUT2D eigenvalue weighted by molar-refractivity contribution is 4.98. The number of aliphatic hydroxyl groups excluding tert-OH is 14. The molecule has 59 heavy (non-hydrogen) atoms. The Morgan fingerprint density at radius 1 is 0.322 bits per heavy atom. The Hall–Kier alpha value is -1.04. The Kier molecular flexibility index (Phi) is 17.9. The second-order valence-corrected chi connectivity index (χ2v) is 14.6. The van der Waals surface area contributed by atoms with Gasteiger partial charge >= 0.3 is 0 Å². The fraction of sp³-hybridized carbons (Fsp3) is 1.00. The van der Waals surface area contributed by atoms with Gasteiger partial charge in [0.2, 0.25) is 0 Å². The van der Waals surface area contributed by atoms with Crippen LogP contribution in [0.5, 0.6) is 0 Å². The number of ether oxygens (including phenoxy) is 12. The second kappa shape index (κ2) is 21.6. The van der Waals surface area contributed by atoms with Crippen LogP contribution in [0.4, 0.5) is 0 Å². The van der Waals surface area contributed by atoms with Gasteiger partial charge in [-0.2, -0.15) is 0 Å². The fourth-order valence-corrected chi connectivity index (χ4v) is 7.66. The third-order valence-corrected chi connectivity index (χ3v) is 11.0. The van der Waals surface area contributed by atoms with Crippen molar-refractivity contribution in [1.82, 2.24) is 0 Å². The lowest BCUT2D eigenvalue weighted by molar-refractivity contribution is -0.387. The lowest BCUT2D eigenvalue weighted by Gasteiger charge is -2.49. The predicted molar refractivity (Wildman–Crippen MR) is 181 cm³/mol. The Labute approximate surface area is 336 Å². The zero-order valence-corrected chi connectivity index (χ0v) is 32.1. The minimum absolute atomic E-state index is 0.672. The first-order valence-electron chi connectivity index (χ1n) is 18.8. The van der Waals surface area contributed by atoms with Crippen LogP contribution in [0.15, 0.2) is 0 Å². The lowest BCUT2D eigenvalue weighted by Crippen LogP contribution is -2.67. The van der Waals surface area contributed by atoms with E-state index in [0.717, 1.165) is 0 Å². The van der Waals surface area contributed by atoms with Crippen LogP contribution in [0.3, 0.4) is 0 Å². The summed E-state index contributed by atoms with van der Waals surface area (Å²) in [6.45, 7) is -3.88. The van der Waals surface area contributed by atoms with Crippen LogP contribution >= 0.6 is 0 Å². The monoisotopic (exact) mass is 870 g/mol. The summed E-state index contributed by atoms with van der Waals surface area (Å²) in [6.07, 6.45) is -41.8. The summed E-state index contributed by atoms with van der Waals surface area (Å²) in [4.78, 5) is 0. The Bertz CT molecular complexity index is 1250. The maximum Gasteiger partial charge on any atom is 0.187 e. The molecule has 0 spiro atoms. The van der Waals surface area contributed by atoms with Crippen LogP contribution in [0.1, 0.15) is 0 Å². The molecule has 0 amide bonds. The molecule has 0 aromatic heterocycles. The standard InChI is InChI=1S/C33H58O26/c1-48-24-9(4-34)54-31(21(45)14(24)38)57-27-12(7-37)53-30(20(44)17(27)41)51-8-13-28(59-32-22(46)15(39)25(49-2)10(5-35)55-32)18(42)23(47)33(56-13)58-26-11(6-36)52-29(50-3)19(43)16(26)40/h9-47H,4-8H2,1-3H3/t9?,10?,11?,12?,13?,14-,15-,16-,17-,18-,19?,20?,21?,22?,23?,24+,25+,26-,27-,28-,29-,30-,31-,32-,33-/m0/s1. The number of hydrogen-bond acceptors (Lipinski definition) is 26. The quantitative estimate of drug-likeness (QED) is 0.0685. The summed E-state index contributed by atoms with van der Waals surface area (Å²) < 4.78 is 66.3. The van der Waals surface area contributed by atoms with Gasteiger partial charge in [0.1, 0.15) is 122 Å². The van der Waals surface area contributed by atoms with Gasteiger partial charge < -0.3 is 128 Å². The van der Waals surface area contributed by atoms with Crippen molar-refractivity contribution in [2.45, 2.75) is 154 Å². The van der Waals surface area contributed by atoms with Gasteiger partial charge in [-0.1, -0.05) is 0 Å². The molecular weight excluding hydrogens is 812 g/mol. The van der Waals surface area contributed by atoms with Gasteiger partial charge in [0.25, 0.3) is 0 Å². The molecule has 26 nitrogen and oxygen atoms in total. The van der Waals surface area contributed by atoms with Crippen molar-refractivity contribution in [1.29, 1.82) is 0 Å². The normalized spacial score (nSPS) is 51.1. The van der Waals surface area contributed by atoms with Crippen molar-refractivity contribution in [3.8, 4) is 0 Å². The molecule has 0 aliphatic carbocycles. The van der Waals surface area contributed by atoms with E-state index >= 15 is 0 Å². The van der Waals surface area contributed by atoms with Crippen molar-refractivity contribution >= 4 is 0 Å². The van der Waals surface area contributed by atoms with Crippen LogP contribution in [0, 0.1) is 0 Å². The SMILES string of the molecule is CO[C@H]1OC(CO)[C@H](O[C@@H]2OC(CO[C@H]3OC(CO)[C@H](O[C@@H]4OC(CO)[C@@H](OC)[C@@H](O)C4O)[C@@H](O)C3O)[C@H](O[C@@H]3OC(CO)[C@@H](OC)[C@@H](O)C3O)[C@@H](O)C2O)[C@@H](O)C1O. The third-order valence-electron chi connectivity index (χ3n) is 11.0. The molecule has 5 fully saturated rings. The molecule has 5 heterocycles. The van der Waals surface area contributed by atoms with Gasteiger partial charge in [0.15, 0.2) is 31.5 Å². The average molecular weight is 871 g/mol. The van der Waals surface area contributed by atoms with Crippen LogP contribution in [0.2, 0.25) is 0 Å². The first kappa shape index (κ1) is 49.0. The Balaban J connectivity index is 1.35. The van der Waals surface area contributed by atoms with E-state index in [-0.39, 0.29) is 0 Å². The minimum atomic E-state index is -2.07. The smallest absolute Gasteiger partial charge is 0.187 e. The van der Waals surface area contributed by atoms with E-state index in [1.807, 2.05) is 0 Å². The molecule has 26 heteroatoms.